The second-order valence-electron chi connectivity index (χ2n) is 13.4. The minimum Gasteiger partial charge on any atom is -0.458 e. The number of nitrogens with zero attached hydrogens (tertiary/aromatic N) is 2. The van der Waals surface area contributed by atoms with E-state index < -0.39 is 5.60 Å². The summed E-state index contributed by atoms with van der Waals surface area (Å²) in [6, 6.07) is 0. The Morgan fingerprint density at radius 1 is 1.03 bits per heavy atom. The molecule has 5 fully saturated rings. The highest BCUT2D eigenvalue weighted by molar-refractivity contribution is 5.85. The molecule has 36 heavy (non-hydrogen) atoms. The minimum atomic E-state index is -0.675. The molecule has 6 aliphatic rings. The maximum Gasteiger partial charge on any atom is 0.410 e. The van der Waals surface area contributed by atoms with Crippen LogP contribution in [0.2, 0.25) is 0 Å². The average Bonchev–Trinajstić information content (AvgIpc) is 3.39. The van der Waals surface area contributed by atoms with Gasteiger partial charge in [0.2, 0.25) is 0 Å². The fourth-order valence-corrected chi connectivity index (χ4v) is 9.68. The van der Waals surface area contributed by atoms with Crippen molar-refractivity contribution in [1.82, 2.24) is 9.80 Å². The molecule has 7 nitrogen and oxygen atoms in total. The van der Waals surface area contributed by atoms with Gasteiger partial charge in [0.15, 0.2) is 0 Å². The second-order valence-corrected chi connectivity index (χ2v) is 13.4. The van der Waals surface area contributed by atoms with Crippen LogP contribution in [0.15, 0.2) is 11.6 Å². The van der Waals surface area contributed by atoms with E-state index >= 15 is 0 Å². The van der Waals surface area contributed by atoms with Gasteiger partial charge in [0.05, 0.1) is 5.60 Å². The van der Waals surface area contributed by atoms with Crippen molar-refractivity contribution in [2.24, 2.45) is 34.5 Å². The molecular formula is C29H44N2O5. The zero-order chi connectivity index (χ0) is 25.3. The Morgan fingerprint density at radius 3 is 2.53 bits per heavy atom. The van der Waals surface area contributed by atoms with E-state index in [1.54, 1.807) is 6.08 Å². The molecule has 4 saturated carbocycles. The molecule has 8 atom stereocenters. The molecule has 0 bridgehead atoms. The van der Waals surface area contributed by atoms with Crippen LogP contribution < -0.4 is 0 Å². The topological polar surface area (TPSA) is 79.3 Å². The first-order valence-corrected chi connectivity index (χ1v) is 14.4. The summed E-state index contributed by atoms with van der Waals surface area (Å²) in [5.74, 6) is 1.39. The van der Waals surface area contributed by atoms with Crippen molar-refractivity contribution in [3.05, 3.63) is 11.6 Å². The Bertz CT molecular complexity index is 944. The van der Waals surface area contributed by atoms with Crippen molar-refractivity contribution in [3.63, 3.8) is 0 Å². The van der Waals surface area contributed by atoms with Crippen LogP contribution in [0.3, 0.4) is 0 Å². The highest BCUT2D eigenvalue weighted by Gasteiger charge is 2.67. The van der Waals surface area contributed by atoms with Crippen LogP contribution in [0.5, 0.6) is 0 Å². The zero-order valence-electron chi connectivity index (χ0n) is 22.3. The van der Waals surface area contributed by atoms with Gasteiger partial charge in [-0.05, 0) is 99.5 Å². The molecule has 4 aliphatic carbocycles. The first-order valence-electron chi connectivity index (χ1n) is 14.4. The van der Waals surface area contributed by atoms with Crippen molar-refractivity contribution in [2.45, 2.75) is 83.3 Å². The van der Waals surface area contributed by atoms with Crippen LogP contribution >= 0.6 is 0 Å². The second kappa shape index (κ2) is 8.72. The van der Waals surface area contributed by atoms with Gasteiger partial charge in [0, 0.05) is 37.7 Å². The van der Waals surface area contributed by atoms with E-state index in [0.717, 1.165) is 89.5 Å². The van der Waals surface area contributed by atoms with Crippen molar-refractivity contribution in [2.75, 3.05) is 39.8 Å². The lowest BCUT2D eigenvalue weighted by atomic mass is 9.43. The SMILES string of the molecule is CN1CCN(C(=O)OC2CCC3(C)C(CCC4C3CCC3(C)C(C5=CC(=O)OC5)CCC43O)C2)CC1. The molecule has 1 saturated heterocycles. The van der Waals surface area contributed by atoms with Gasteiger partial charge in [-0.2, -0.15) is 0 Å². The molecular weight excluding hydrogens is 456 g/mol. The van der Waals surface area contributed by atoms with Crippen LogP contribution in [0.1, 0.15) is 71.6 Å². The molecule has 0 aromatic carbocycles. The van der Waals surface area contributed by atoms with E-state index in [0.29, 0.717) is 24.4 Å². The monoisotopic (exact) mass is 500 g/mol. The quantitative estimate of drug-likeness (QED) is 0.578. The molecule has 2 heterocycles. The highest BCUT2D eigenvalue weighted by atomic mass is 16.6. The van der Waals surface area contributed by atoms with Gasteiger partial charge in [-0.25, -0.2) is 9.59 Å². The van der Waals surface area contributed by atoms with Crippen molar-refractivity contribution in [3.8, 4) is 0 Å². The molecule has 200 valence electrons. The number of hydrogen-bond donors (Lipinski definition) is 1. The highest BCUT2D eigenvalue weighted by Crippen LogP contribution is 2.70. The van der Waals surface area contributed by atoms with Crippen LogP contribution in [0, 0.1) is 34.5 Å². The van der Waals surface area contributed by atoms with E-state index in [9.17, 15) is 14.7 Å². The number of cyclic esters (lactones) is 1. The third kappa shape index (κ3) is 3.66. The van der Waals surface area contributed by atoms with Gasteiger partial charge in [-0.3, -0.25) is 0 Å². The van der Waals surface area contributed by atoms with Crippen LogP contribution in [0.4, 0.5) is 4.79 Å². The minimum absolute atomic E-state index is 0.0198. The number of esters is 1. The number of amides is 1. The van der Waals surface area contributed by atoms with Gasteiger partial charge in [0.1, 0.15) is 12.7 Å². The van der Waals surface area contributed by atoms with Crippen molar-refractivity contribution in [1.29, 1.82) is 0 Å². The summed E-state index contributed by atoms with van der Waals surface area (Å²) >= 11 is 0. The number of rotatable bonds is 2. The zero-order valence-corrected chi connectivity index (χ0v) is 22.3. The number of piperazine rings is 1. The average molecular weight is 501 g/mol. The lowest BCUT2D eigenvalue weighted by molar-refractivity contribution is -0.208. The molecule has 8 unspecified atom stereocenters. The predicted octanol–water partition coefficient (Wildman–Crippen LogP) is 4.00. The molecule has 0 aromatic heterocycles. The van der Waals surface area contributed by atoms with E-state index in [1.807, 2.05) is 4.90 Å². The van der Waals surface area contributed by atoms with Gasteiger partial charge in [0.25, 0.3) is 0 Å². The van der Waals surface area contributed by atoms with Gasteiger partial charge < -0.3 is 24.4 Å². The summed E-state index contributed by atoms with van der Waals surface area (Å²) in [6.45, 7) is 8.48. The number of carbonyl (C=O) groups excluding carboxylic acids is 2. The number of hydrogen-bond acceptors (Lipinski definition) is 6. The largest absolute Gasteiger partial charge is 0.458 e. The fourth-order valence-electron chi connectivity index (χ4n) is 9.68. The molecule has 7 heteroatoms. The Morgan fingerprint density at radius 2 is 1.81 bits per heavy atom. The predicted molar refractivity (Wildman–Crippen MR) is 135 cm³/mol. The molecule has 0 spiro atoms. The molecule has 0 radical (unpaired) electrons. The van der Waals surface area contributed by atoms with Gasteiger partial charge >= 0.3 is 12.1 Å². The summed E-state index contributed by atoms with van der Waals surface area (Å²) in [7, 11) is 2.10. The molecule has 1 amide bonds. The normalized spacial score (nSPS) is 46.9. The maximum absolute atomic E-state index is 12.8. The van der Waals surface area contributed by atoms with Gasteiger partial charge in [-0.1, -0.05) is 13.8 Å². The number of aliphatic hydroxyl groups is 1. The van der Waals surface area contributed by atoms with Crippen LogP contribution in [-0.2, 0) is 14.3 Å². The standard InChI is InChI=1S/C29H44N2O5/c1-27-9-6-21(36-26(33)31-14-12-30(3)13-15-31)17-20(27)4-5-24-23(27)7-10-28(2)22(8-11-29(24,28)34)19-16-25(32)35-18-19/h16,20-24,34H,4-15,17-18H2,1-3H3. The van der Waals surface area contributed by atoms with E-state index in [1.165, 1.54) is 0 Å². The maximum atomic E-state index is 12.8. The van der Waals surface area contributed by atoms with E-state index in [4.69, 9.17) is 9.47 Å². The molecule has 2 aliphatic heterocycles. The van der Waals surface area contributed by atoms with E-state index in [-0.39, 0.29) is 34.9 Å². The van der Waals surface area contributed by atoms with E-state index in [2.05, 4.69) is 25.8 Å². The summed E-state index contributed by atoms with van der Waals surface area (Å²) < 4.78 is 11.3. The smallest absolute Gasteiger partial charge is 0.410 e. The van der Waals surface area contributed by atoms with Crippen LogP contribution in [-0.4, -0.2) is 78.5 Å². The molecule has 0 aromatic rings. The number of fused-ring (bicyclic) bond motifs is 5. The number of likely N-dealkylation sites (N-methyl/N-ethyl adjacent to an activating group) is 1. The third-order valence-electron chi connectivity index (χ3n) is 12.0. The Labute approximate surface area is 215 Å². The molecule has 1 N–H and O–H groups in total. The first-order chi connectivity index (χ1) is 17.1. The van der Waals surface area contributed by atoms with Crippen LogP contribution in [0.25, 0.3) is 0 Å². The molecule has 6 rings (SSSR count). The summed E-state index contributed by atoms with van der Waals surface area (Å²) in [5.41, 5.74) is 0.429. The number of ether oxygens (including phenoxy) is 2. The first kappa shape index (κ1) is 24.7. The Kier molecular flexibility index (Phi) is 5.99. The number of carbonyl (C=O) groups is 2. The van der Waals surface area contributed by atoms with Crippen molar-refractivity contribution < 1.29 is 24.2 Å². The summed E-state index contributed by atoms with van der Waals surface area (Å²) in [5, 5.41) is 12.4. The lowest BCUT2D eigenvalue weighted by Crippen LogP contribution is -2.62. The Hall–Kier alpha value is -1.60. The Balaban J connectivity index is 1.14. The fraction of sp³-hybridized carbons (Fsp3) is 0.862. The third-order valence-corrected chi connectivity index (χ3v) is 12.0. The van der Waals surface area contributed by atoms with Crippen molar-refractivity contribution >= 4 is 12.1 Å². The lowest BCUT2D eigenvalue weighted by Gasteiger charge is -2.63. The summed E-state index contributed by atoms with van der Waals surface area (Å²) in [4.78, 5) is 28.7. The van der Waals surface area contributed by atoms with Gasteiger partial charge in [-0.15, -0.1) is 0 Å². The summed E-state index contributed by atoms with van der Waals surface area (Å²) in [6.07, 6.45) is 10.6.